The largest absolute Gasteiger partial charge is 0.347 e. The van der Waals surface area contributed by atoms with Crippen LogP contribution >= 0.6 is 46.1 Å². The summed E-state index contributed by atoms with van der Waals surface area (Å²) in [4.78, 5) is 26.1. The van der Waals surface area contributed by atoms with Gasteiger partial charge in [-0.25, -0.2) is 0 Å². The zero-order chi connectivity index (χ0) is 15.9. The lowest BCUT2D eigenvalue weighted by Crippen LogP contribution is -2.21. The van der Waals surface area contributed by atoms with E-state index in [1.54, 1.807) is 13.2 Å². The van der Waals surface area contributed by atoms with Crippen molar-refractivity contribution < 1.29 is 9.59 Å². The van der Waals surface area contributed by atoms with Gasteiger partial charge >= 0.3 is 0 Å². The first kappa shape index (κ1) is 16.6. The Labute approximate surface area is 141 Å². The summed E-state index contributed by atoms with van der Waals surface area (Å²) in [6, 6.07) is 3.29. The van der Waals surface area contributed by atoms with E-state index < -0.39 is 9.58 Å². The minimum atomic E-state index is -2.04. The molecule has 0 bridgehead atoms. The van der Waals surface area contributed by atoms with Gasteiger partial charge in [0, 0.05) is 23.7 Å². The maximum absolute atomic E-state index is 12.4. The van der Waals surface area contributed by atoms with Gasteiger partial charge in [0.2, 0.25) is 11.6 Å². The van der Waals surface area contributed by atoms with Crippen LogP contribution in [0.2, 0.25) is 0 Å². The van der Waals surface area contributed by atoms with E-state index in [9.17, 15) is 9.59 Å². The zero-order valence-electron chi connectivity index (χ0n) is 11.5. The quantitative estimate of drug-likeness (QED) is 0.594. The molecule has 21 heavy (non-hydrogen) atoms. The second-order valence-electron chi connectivity index (χ2n) is 4.73. The van der Waals surface area contributed by atoms with E-state index in [0.717, 1.165) is 10.4 Å². The molecule has 0 radical (unpaired) electrons. The molecule has 0 spiro atoms. The summed E-state index contributed by atoms with van der Waals surface area (Å²) in [7, 11) is 1.63. The molecule has 0 fully saturated rings. The van der Waals surface area contributed by atoms with Gasteiger partial charge in [0.15, 0.2) is 0 Å². The molecule has 2 heterocycles. The third-order valence-electron chi connectivity index (χ3n) is 3.15. The van der Waals surface area contributed by atoms with E-state index in [0.29, 0.717) is 10.4 Å². The van der Waals surface area contributed by atoms with Crippen LogP contribution in [0.1, 0.15) is 36.2 Å². The van der Waals surface area contributed by atoms with Crippen LogP contribution in [0.4, 0.5) is 0 Å². The molecule has 0 aromatic carbocycles. The summed E-state index contributed by atoms with van der Waals surface area (Å²) in [6.07, 6.45) is 1.57. The molecule has 2 aromatic rings. The Kier molecular flexibility index (Phi) is 4.54. The van der Waals surface area contributed by atoms with Crippen LogP contribution < -0.4 is 0 Å². The lowest BCUT2D eigenvalue weighted by Gasteiger charge is -2.09. The standard InChI is InChI=1S/C14H12Cl3NO2S/c1-7-4-11(21-8(7)2)12(19)9-5-10(18(3)6-9)13(20)14(15,16)17/h4-6H,1-3H3. The van der Waals surface area contributed by atoms with Crippen molar-refractivity contribution in [1.82, 2.24) is 4.57 Å². The van der Waals surface area contributed by atoms with Crippen molar-refractivity contribution in [3.8, 4) is 0 Å². The van der Waals surface area contributed by atoms with E-state index in [1.165, 1.54) is 22.0 Å². The molecule has 112 valence electrons. The number of ketones is 2. The fourth-order valence-electron chi connectivity index (χ4n) is 1.89. The summed E-state index contributed by atoms with van der Waals surface area (Å²) in [6.45, 7) is 3.91. The van der Waals surface area contributed by atoms with Crippen LogP contribution in [0.15, 0.2) is 18.3 Å². The second-order valence-corrected chi connectivity index (χ2v) is 8.27. The smallest absolute Gasteiger partial charge is 0.255 e. The molecule has 0 aliphatic carbocycles. The Morgan fingerprint density at radius 3 is 2.29 bits per heavy atom. The molecule has 0 saturated carbocycles. The highest BCUT2D eigenvalue weighted by atomic mass is 35.6. The number of carbonyl (C=O) groups excluding carboxylic acids is 2. The molecule has 0 atom stereocenters. The van der Waals surface area contributed by atoms with Gasteiger partial charge in [-0.1, -0.05) is 34.8 Å². The molecule has 0 amide bonds. The van der Waals surface area contributed by atoms with Gasteiger partial charge < -0.3 is 4.57 Å². The predicted octanol–water partition coefficient (Wildman–Crippen LogP) is 4.49. The van der Waals surface area contributed by atoms with E-state index in [2.05, 4.69) is 0 Å². The average Bonchev–Trinajstić information content (AvgIpc) is 2.91. The number of hydrogen-bond donors (Lipinski definition) is 0. The number of thiophene rings is 1. The predicted molar refractivity (Wildman–Crippen MR) is 87.3 cm³/mol. The first-order valence-electron chi connectivity index (χ1n) is 6.01. The van der Waals surface area contributed by atoms with Gasteiger partial charge in [-0.05, 0) is 31.5 Å². The Morgan fingerprint density at radius 1 is 1.19 bits per heavy atom. The zero-order valence-corrected chi connectivity index (χ0v) is 14.6. The normalized spacial score (nSPS) is 11.7. The molecule has 7 heteroatoms. The van der Waals surface area contributed by atoms with Gasteiger partial charge in [0.05, 0.1) is 10.6 Å². The topological polar surface area (TPSA) is 39.1 Å². The number of alkyl halides is 3. The Bertz CT molecular complexity index is 706. The number of rotatable bonds is 3. The molecule has 2 rings (SSSR count). The van der Waals surface area contributed by atoms with Gasteiger partial charge in [-0.3, -0.25) is 9.59 Å². The Morgan fingerprint density at radius 2 is 1.81 bits per heavy atom. The third-order valence-corrected chi connectivity index (χ3v) is 4.81. The fraction of sp³-hybridized carbons (Fsp3) is 0.286. The van der Waals surface area contributed by atoms with Crippen molar-refractivity contribution in [2.45, 2.75) is 17.6 Å². The van der Waals surface area contributed by atoms with Crippen LogP contribution in [-0.2, 0) is 7.05 Å². The second kappa shape index (κ2) is 5.76. The Balaban J connectivity index is 2.39. The summed E-state index contributed by atoms with van der Waals surface area (Å²) in [5.41, 5.74) is 1.65. The summed E-state index contributed by atoms with van der Waals surface area (Å²) in [5.74, 6) is -0.803. The molecule has 0 saturated heterocycles. The molecule has 3 nitrogen and oxygen atoms in total. The molecule has 0 aliphatic heterocycles. The van der Waals surface area contributed by atoms with E-state index in [-0.39, 0.29) is 11.5 Å². The summed E-state index contributed by atoms with van der Waals surface area (Å²) < 4.78 is -0.548. The molecular formula is C14H12Cl3NO2S. The van der Waals surface area contributed by atoms with Crippen molar-refractivity contribution in [3.05, 3.63) is 44.9 Å². The molecule has 2 aromatic heterocycles. The number of hydrogen-bond acceptors (Lipinski definition) is 3. The summed E-state index contributed by atoms with van der Waals surface area (Å²) >= 11 is 18.2. The minimum absolute atomic E-state index is 0.143. The van der Waals surface area contributed by atoms with Gasteiger partial charge in [-0.2, -0.15) is 0 Å². The molecule has 0 unspecified atom stereocenters. The SMILES string of the molecule is Cc1cc(C(=O)c2cc(C(=O)C(Cl)(Cl)Cl)n(C)c2)sc1C. The van der Waals surface area contributed by atoms with E-state index >= 15 is 0 Å². The van der Waals surface area contributed by atoms with E-state index in [1.807, 2.05) is 19.9 Å². The highest BCUT2D eigenvalue weighted by molar-refractivity contribution is 7.14. The van der Waals surface area contributed by atoms with Crippen molar-refractivity contribution in [2.75, 3.05) is 0 Å². The highest BCUT2D eigenvalue weighted by Gasteiger charge is 2.34. The third kappa shape index (κ3) is 3.34. The van der Waals surface area contributed by atoms with Crippen molar-refractivity contribution in [3.63, 3.8) is 0 Å². The lowest BCUT2D eigenvalue weighted by atomic mass is 10.1. The van der Waals surface area contributed by atoms with Crippen LogP contribution in [0, 0.1) is 13.8 Å². The monoisotopic (exact) mass is 363 g/mol. The fourth-order valence-corrected chi connectivity index (χ4v) is 3.17. The van der Waals surface area contributed by atoms with Gasteiger partial charge in [0.25, 0.3) is 3.79 Å². The van der Waals surface area contributed by atoms with Crippen molar-refractivity contribution >= 4 is 57.7 Å². The Hall–Kier alpha value is -0.810. The average molecular weight is 365 g/mol. The van der Waals surface area contributed by atoms with Crippen molar-refractivity contribution in [1.29, 1.82) is 0 Å². The molecular weight excluding hydrogens is 353 g/mol. The number of aromatic nitrogens is 1. The summed E-state index contributed by atoms with van der Waals surface area (Å²) in [5, 5.41) is 0. The first-order chi connectivity index (χ1) is 9.61. The lowest BCUT2D eigenvalue weighted by molar-refractivity contribution is 0.0988. The maximum atomic E-state index is 12.4. The highest BCUT2D eigenvalue weighted by Crippen LogP contribution is 2.31. The number of aryl methyl sites for hydroxylation is 3. The van der Waals surface area contributed by atoms with Crippen molar-refractivity contribution in [2.24, 2.45) is 7.05 Å². The number of halogens is 3. The van der Waals surface area contributed by atoms with Crippen LogP contribution in [-0.4, -0.2) is 19.9 Å². The maximum Gasteiger partial charge on any atom is 0.255 e. The first-order valence-corrected chi connectivity index (χ1v) is 7.96. The van der Waals surface area contributed by atoms with Crippen LogP contribution in [0.5, 0.6) is 0 Å². The number of nitrogens with zero attached hydrogens (tertiary/aromatic N) is 1. The minimum Gasteiger partial charge on any atom is -0.347 e. The van der Waals surface area contributed by atoms with E-state index in [4.69, 9.17) is 34.8 Å². The number of Topliss-reactive ketones (excluding diaryl/α,β-unsaturated/α-hetero) is 1. The molecule has 0 N–H and O–H groups in total. The molecule has 0 aliphatic rings. The number of carbonyl (C=O) groups is 2. The van der Waals surface area contributed by atoms with Crippen LogP contribution in [0.25, 0.3) is 0 Å². The van der Waals surface area contributed by atoms with Gasteiger partial charge in [0.1, 0.15) is 0 Å². The van der Waals surface area contributed by atoms with Crippen LogP contribution in [0.3, 0.4) is 0 Å². The van der Waals surface area contributed by atoms with Gasteiger partial charge in [-0.15, -0.1) is 11.3 Å².